The normalized spacial score (nSPS) is 14.8. The quantitative estimate of drug-likeness (QED) is 0.811. The van der Waals surface area contributed by atoms with Crippen molar-refractivity contribution >= 4 is 47.0 Å². The summed E-state index contributed by atoms with van der Waals surface area (Å²) in [4.78, 5) is 38.3. The van der Waals surface area contributed by atoms with Gasteiger partial charge in [0.25, 0.3) is 0 Å². The maximum atomic E-state index is 12.3. The Kier molecular flexibility index (Phi) is 7.39. The largest absolute Gasteiger partial charge is 0.481 e. The van der Waals surface area contributed by atoms with E-state index in [0.29, 0.717) is 43.3 Å². The maximum absolute atomic E-state index is 12.3. The Morgan fingerprint density at radius 2 is 1.68 bits per heavy atom. The summed E-state index contributed by atoms with van der Waals surface area (Å²) in [6, 6.07) is 6.65. The van der Waals surface area contributed by atoms with Gasteiger partial charge < -0.3 is 20.2 Å². The fraction of sp³-hybridized carbons (Fsp3) is 0.438. The van der Waals surface area contributed by atoms with Crippen LogP contribution in [0.1, 0.15) is 6.42 Å². The number of nitrogens with one attached hydrogen (secondary N) is 1. The van der Waals surface area contributed by atoms with E-state index in [9.17, 15) is 14.4 Å². The number of thioether (sulfide) groups is 1. The Morgan fingerprint density at radius 1 is 1.04 bits per heavy atom. The molecule has 25 heavy (non-hydrogen) atoms. The molecule has 1 heterocycles. The summed E-state index contributed by atoms with van der Waals surface area (Å²) >= 11 is 6.91. The molecule has 0 unspecified atom stereocenters. The Balaban J connectivity index is 1.81. The number of carboxylic acids is 1. The molecule has 2 rings (SSSR count). The van der Waals surface area contributed by atoms with Gasteiger partial charge in [0.2, 0.25) is 5.91 Å². The van der Waals surface area contributed by atoms with Crippen LogP contribution in [0.4, 0.5) is 10.5 Å². The number of hydrogen-bond donors (Lipinski definition) is 2. The van der Waals surface area contributed by atoms with Crippen LogP contribution >= 0.6 is 23.4 Å². The van der Waals surface area contributed by atoms with Gasteiger partial charge in [-0.3, -0.25) is 9.59 Å². The van der Waals surface area contributed by atoms with Crippen LogP contribution in [0.15, 0.2) is 24.3 Å². The molecule has 0 spiro atoms. The number of carboxylic acid groups (broad SMARTS) is 1. The summed E-state index contributed by atoms with van der Waals surface area (Å²) in [6.45, 7) is 2.01. The summed E-state index contributed by atoms with van der Waals surface area (Å²) in [6.07, 6.45) is 0.684. The predicted octanol–water partition coefficient (Wildman–Crippen LogP) is 2.22. The molecular formula is C16H20ClN3O4S. The highest BCUT2D eigenvalue weighted by Gasteiger charge is 2.22. The molecule has 7 nitrogen and oxygen atoms in total. The molecule has 1 aliphatic heterocycles. The number of aliphatic carboxylic acids is 1. The van der Waals surface area contributed by atoms with Crippen LogP contribution < -0.4 is 5.32 Å². The Hall–Kier alpha value is -1.93. The van der Waals surface area contributed by atoms with Crippen LogP contribution in [0.25, 0.3) is 0 Å². The van der Waals surface area contributed by atoms with Gasteiger partial charge in [-0.25, -0.2) is 4.79 Å². The highest BCUT2D eigenvalue weighted by atomic mass is 35.5. The lowest BCUT2D eigenvalue weighted by molar-refractivity contribution is -0.133. The monoisotopic (exact) mass is 385 g/mol. The molecule has 0 aliphatic carbocycles. The SMILES string of the molecule is O=C(O)CSCC(=O)N1CCCN(C(=O)Nc2ccc(Cl)cc2)CC1. The fourth-order valence-corrected chi connectivity index (χ4v) is 3.18. The molecule has 136 valence electrons. The van der Waals surface area contributed by atoms with Gasteiger partial charge in [0.1, 0.15) is 0 Å². The van der Waals surface area contributed by atoms with E-state index in [1.54, 1.807) is 34.1 Å². The molecule has 1 fully saturated rings. The number of anilines is 1. The van der Waals surface area contributed by atoms with E-state index in [-0.39, 0.29) is 23.4 Å². The van der Waals surface area contributed by atoms with Gasteiger partial charge in [0.05, 0.1) is 11.5 Å². The van der Waals surface area contributed by atoms with Crippen LogP contribution in [0.5, 0.6) is 0 Å². The molecule has 9 heteroatoms. The van der Waals surface area contributed by atoms with E-state index in [1.165, 1.54) is 0 Å². The first-order valence-electron chi connectivity index (χ1n) is 7.84. The van der Waals surface area contributed by atoms with Gasteiger partial charge in [-0.2, -0.15) is 0 Å². The highest BCUT2D eigenvalue weighted by Crippen LogP contribution is 2.15. The second-order valence-corrected chi connectivity index (χ2v) is 6.97. The average Bonchev–Trinajstić information content (AvgIpc) is 2.82. The van der Waals surface area contributed by atoms with E-state index in [0.717, 1.165) is 11.8 Å². The van der Waals surface area contributed by atoms with Gasteiger partial charge in [-0.05, 0) is 30.7 Å². The summed E-state index contributed by atoms with van der Waals surface area (Å²) in [5.74, 6) is -0.969. The van der Waals surface area contributed by atoms with Crippen molar-refractivity contribution in [3.05, 3.63) is 29.3 Å². The van der Waals surface area contributed by atoms with Crippen molar-refractivity contribution in [3.8, 4) is 0 Å². The second kappa shape index (κ2) is 9.53. The number of hydrogen-bond acceptors (Lipinski definition) is 4. The average molecular weight is 386 g/mol. The molecule has 1 aromatic rings. The van der Waals surface area contributed by atoms with Crippen molar-refractivity contribution < 1.29 is 19.5 Å². The van der Waals surface area contributed by atoms with Crippen molar-refractivity contribution in [1.82, 2.24) is 9.80 Å². The fourth-order valence-electron chi connectivity index (χ4n) is 2.42. The molecule has 0 aromatic heterocycles. The molecule has 1 aromatic carbocycles. The van der Waals surface area contributed by atoms with Crippen LogP contribution in [0.2, 0.25) is 5.02 Å². The number of rotatable bonds is 5. The van der Waals surface area contributed by atoms with E-state index < -0.39 is 5.97 Å². The Labute approximate surface area is 155 Å². The topological polar surface area (TPSA) is 90.0 Å². The molecule has 0 saturated carbocycles. The van der Waals surface area contributed by atoms with Gasteiger partial charge in [0.15, 0.2) is 0 Å². The number of carbonyl (C=O) groups excluding carboxylic acids is 2. The number of halogens is 1. The van der Waals surface area contributed by atoms with Gasteiger partial charge in [-0.15, -0.1) is 11.8 Å². The number of nitrogens with zero attached hydrogens (tertiary/aromatic N) is 2. The molecule has 0 radical (unpaired) electrons. The van der Waals surface area contributed by atoms with Crippen LogP contribution in [0, 0.1) is 0 Å². The Morgan fingerprint density at radius 3 is 2.36 bits per heavy atom. The number of benzene rings is 1. The van der Waals surface area contributed by atoms with Gasteiger partial charge >= 0.3 is 12.0 Å². The molecule has 2 N–H and O–H groups in total. The molecule has 0 bridgehead atoms. The summed E-state index contributed by atoms with van der Waals surface area (Å²) < 4.78 is 0. The third-order valence-corrected chi connectivity index (χ3v) is 4.84. The van der Waals surface area contributed by atoms with Crippen molar-refractivity contribution in [3.63, 3.8) is 0 Å². The lowest BCUT2D eigenvalue weighted by atomic mass is 10.3. The number of urea groups is 1. The molecule has 1 saturated heterocycles. The van der Waals surface area contributed by atoms with E-state index in [1.807, 2.05) is 0 Å². The van der Waals surface area contributed by atoms with Crippen molar-refractivity contribution in [2.75, 3.05) is 43.0 Å². The predicted molar refractivity (Wildman–Crippen MR) is 98.2 cm³/mol. The maximum Gasteiger partial charge on any atom is 0.321 e. The van der Waals surface area contributed by atoms with E-state index in [4.69, 9.17) is 16.7 Å². The first-order chi connectivity index (χ1) is 12.0. The molecule has 1 aliphatic rings. The zero-order valence-electron chi connectivity index (χ0n) is 13.6. The minimum Gasteiger partial charge on any atom is -0.481 e. The lowest BCUT2D eigenvalue weighted by Gasteiger charge is -2.22. The van der Waals surface area contributed by atoms with Gasteiger partial charge in [-0.1, -0.05) is 11.6 Å². The van der Waals surface area contributed by atoms with Gasteiger partial charge in [0, 0.05) is 36.9 Å². The molecular weight excluding hydrogens is 366 g/mol. The highest BCUT2D eigenvalue weighted by molar-refractivity contribution is 8.00. The second-order valence-electron chi connectivity index (χ2n) is 5.54. The van der Waals surface area contributed by atoms with Crippen molar-refractivity contribution in [2.24, 2.45) is 0 Å². The third-order valence-electron chi connectivity index (χ3n) is 3.68. The van der Waals surface area contributed by atoms with Crippen molar-refractivity contribution in [2.45, 2.75) is 6.42 Å². The standard InChI is InChI=1S/C16H20ClN3O4S/c17-12-2-4-13(5-3-12)18-16(24)20-7-1-6-19(8-9-20)14(21)10-25-11-15(22)23/h2-5H,1,6-11H2,(H,18,24)(H,22,23). The van der Waals surface area contributed by atoms with E-state index >= 15 is 0 Å². The number of amides is 3. The lowest BCUT2D eigenvalue weighted by Crippen LogP contribution is -2.39. The third kappa shape index (κ3) is 6.47. The van der Waals surface area contributed by atoms with Crippen LogP contribution in [-0.2, 0) is 9.59 Å². The zero-order chi connectivity index (χ0) is 18.2. The first-order valence-corrected chi connectivity index (χ1v) is 9.38. The Bertz CT molecular complexity index is 626. The summed E-state index contributed by atoms with van der Waals surface area (Å²) in [7, 11) is 0. The summed E-state index contributed by atoms with van der Waals surface area (Å²) in [5, 5.41) is 12.0. The van der Waals surface area contributed by atoms with Crippen LogP contribution in [-0.4, -0.2) is 70.5 Å². The summed E-state index contributed by atoms with van der Waals surface area (Å²) in [5.41, 5.74) is 0.664. The zero-order valence-corrected chi connectivity index (χ0v) is 15.2. The van der Waals surface area contributed by atoms with E-state index in [2.05, 4.69) is 5.32 Å². The first kappa shape index (κ1) is 19.4. The molecule has 3 amide bonds. The minimum atomic E-state index is -0.932. The minimum absolute atomic E-state index is 0.0881. The van der Waals surface area contributed by atoms with Crippen LogP contribution in [0.3, 0.4) is 0 Å². The molecule has 0 atom stereocenters. The smallest absolute Gasteiger partial charge is 0.321 e. The number of carbonyl (C=O) groups is 3. The van der Waals surface area contributed by atoms with Crippen molar-refractivity contribution in [1.29, 1.82) is 0 Å².